The maximum atomic E-state index is 12.5. The molecule has 1 saturated heterocycles. The van der Waals surface area contributed by atoms with Gasteiger partial charge in [0.25, 0.3) is 0 Å². The second-order valence-electron chi connectivity index (χ2n) is 7.63. The molecule has 0 saturated carbocycles. The average Bonchev–Trinajstić information content (AvgIpc) is 2.75. The monoisotopic (exact) mass is 416 g/mol. The highest BCUT2D eigenvalue weighted by Gasteiger charge is 2.21. The van der Waals surface area contributed by atoms with Crippen LogP contribution in [0, 0.1) is 0 Å². The number of hydrogen-bond acceptors (Lipinski definition) is 7. The minimum atomic E-state index is -0.305. The van der Waals surface area contributed by atoms with Gasteiger partial charge in [0.15, 0.2) is 0 Å². The number of aryl methyl sites for hydroxylation is 1. The molecule has 162 valence electrons. The van der Waals surface area contributed by atoms with Gasteiger partial charge in [-0.1, -0.05) is 0 Å². The highest BCUT2D eigenvalue weighted by Crippen LogP contribution is 2.32. The van der Waals surface area contributed by atoms with Gasteiger partial charge in [0.1, 0.15) is 25.1 Å². The van der Waals surface area contributed by atoms with Gasteiger partial charge in [0, 0.05) is 18.2 Å². The van der Waals surface area contributed by atoms with E-state index in [1.54, 1.807) is 4.57 Å². The lowest BCUT2D eigenvalue weighted by Gasteiger charge is -2.24. The minimum Gasteiger partial charge on any atom is -0.491 e. The Kier molecular flexibility index (Phi) is 6.66. The molecule has 1 aromatic carbocycles. The molecule has 1 aromatic heterocycles. The first-order valence-electron chi connectivity index (χ1n) is 10.4. The van der Waals surface area contributed by atoms with E-state index in [4.69, 9.17) is 23.7 Å². The van der Waals surface area contributed by atoms with Crippen molar-refractivity contribution in [1.82, 2.24) is 9.55 Å². The molecule has 0 bridgehead atoms. The molecular weight excluding hydrogens is 388 g/mol. The fourth-order valence-corrected chi connectivity index (χ4v) is 3.60. The van der Waals surface area contributed by atoms with Gasteiger partial charge in [-0.05, 0) is 44.0 Å². The Morgan fingerprint density at radius 2 is 2.10 bits per heavy atom. The van der Waals surface area contributed by atoms with Crippen LogP contribution in [0.4, 0.5) is 0 Å². The van der Waals surface area contributed by atoms with Crippen molar-refractivity contribution in [2.45, 2.75) is 39.0 Å². The number of ether oxygens (including phenoxy) is 5. The maximum absolute atomic E-state index is 12.5. The average molecular weight is 416 g/mol. The van der Waals surface area contributed by atoms with E-state index in [2.05, 4.69) is 4.98 Å². The summed E-state index contributed by atoms with van der Waals surface area (Å²) in [7, 11) is 0. The Morgan fingerprint density at radius 1 is 1.20 bits per heavy atom. The number of aromatic nitrogens is 2. The van der Waals surface area contributed by atoms with Gasteiger partial charge in [-0.15, -0.1) is 0 Å². The molecule has 30 heavy (non-hydrogen) atoms. The molecule has 2 aromatic rings. The quantitative estimate of drug-likeness (QED) is 0.610. The van der Waals surface area contributed by atoms with Crippen molar-refractivity contribution in [3.05, 3.63) is 40.3 Å². The molecule has 0 unspecified atom stereocenters. The topological polar surface area (TPSA) is 81.0 Å². The summed E-state index contributed by atoms with van der Waals surface area (Å²) in [6, 6.07) is 7.76. The molecule has 3 heterocycles. The fourth-order valence-electron chi connectivity index (χ4n) is 3.60. The van der Waals surface area contributed by atoms with Crippen LogP contribution in [0.25, 0.3) is 11.3 Å². The summed E-state index contributed by atoms with van der Waals surface area (Å²) in [5, 5.41) is 0. The van der Waals surface area contributed by atoms with E-state index in [1.807, 2.05) is 38.1 Å². The summed E-state index contributed by atoms with van der Waals surface area (Å²) < 4.78 is 29.7. The molecule has 8 nitrogen and oxygen atoms in total. The smallest absolute Gasteiger partial charge is 0.351 e. The van der Waals surface area contributed by atoms with E-state index in [0.29, 0.717) is 52.1 Å². The highest BCUT2D eigenvalue weighted by molar-refractivity contribution is 5.67. The SMILES string of the molecule is CC(C)OCCOc1ccc2c(c1)CCn1c-2cc(OC[C@@H]2COCCO2)nc1=O. The molecule has 8 heteroatoms. The van der Waals surface area contributed by atoms with Crippen LogP contribution in [0.1, 0.15) is 19.4 Å². The number of nitrogens with zero attached hydrogens (tertiary/aromatic N) is 2. The Hall–Kier alpha value is -2.42. The summed E-state index contributed by atoms with van der Waals surface area (Å²) in [6.07, 6.45) is 0.789. The molecule has 0 radical (unpaired) electrons. The summed E-state index contributed by atoms with van der Waals surface area (Å²) >= 11 is 0. The lowest BCUT2D eigenvalue weighted by atomic mass is 9.97. The second-order valence-corrected chi connectivity index (χ2v) is 7.63. The predicted octanol–water partition coefficient (Wildman–Crippen LogP) is 2.06. The zero-order valence-electron chi connectivity index (χ0n) is 17.5. The Morgan fingerprint density at radius 3 is 2.90 bits per heavy atom. The van der Waals surface area contributed by atoms with Gasteiger partial charge >= 0.3 is 5.69 Å². The van der Waals surface area contributed by atoms with Crippen LogP contribution in [0.15, 0.2) is 29.1 Å². The lowest BCUT2D eigenvalue weighted by molar-refractivity contribution is -0.102. The first-order valence-corrected chi connectivity index (χ1v) is 10.4. The van der Waals surface area contributed by atoms with Gasteiger partial charge < -0.3 is 23.7 Å². The lowest BCUT2D eigenvalue weighted by Crippen LogP contribution is -2.34. The Labute approximate surface area is 175 Å². The highest BCUT2D eigenvalue weighted by atomic mass is 16.6. The van der Waals surface area contributed by atoms with Crippen LogP contribution >= 0.6 is 0 Å². The molecule has 0 amide bonds. The summed E-state index contributed by atoms with van der Waals surface area (Å²) in [4.78, 5) is 16.6. The van der Waals surface area contributed by atoms with Crippen molar-refractivity contribution in [2.24, 2.45) is 0 Å². The van der Waals surface area contributed by atoms with Crippen LogP contribution in [0.5, 0.6) is 11.6 Å². The van der Waals surface area contributed by atoms with Gasteiger partial charge in [-0.2, -0.15) is 4.98 Å². The first-order chi connectivity index (χ1) is 14.6. The normalized spacial score (nSPS) is 18.0. The van der Waals surface area contributed by atoms with E-state index in [1.165, 1.54) is 0 Å². The maximum Gasteiger partial charge on any atom is 0.351 e. The van der Waals surface area contributed by atoms with Crippen molar-refractivity contribution in [2.75, 3.05) is 39.6 Å². The van der Waals surface area contributed by atoms with E-state index in [9.17, 15) is 4.79 Å². The van der Waals surface area contributed by atoms with E-state index < -0.39 is 0 Å². The molecule has 2 aliphatic rings. The van der Waals surface area contributed by atoms with Crippen LogP contribution in [0.2, 0.25) is 0 Å². The third-order valence-corrected chi connectivity index (χ3v) is 5.05. The van der Waals surface area contributed by atoms with Gasteiger partial charge in [-0.3, -0.25) is 4.57 Å². The number of fused-ring (bicyclic) bond motifs is 3. The molecule has 0 aliphatic carbocycles. The Bertz CT molecular complexity index is 920. The minimum absolute atomic E-state index is 0.147. The number of hydrogen-bond donors (Lipinski definition) is 0. The van der Waals surface area contributed by atoms with Gasteiger partial charge in [0.2, 0.25) is 5.88 Å². The van der Waals surface area contributed by atoms with Crippen LogP contribution in [-0.4, -0.2) is 61.4 Å². The van der Waals surface area contributed by atoms with E-state index >= 15 is 0 Å². The second kappa shape index (κ2) is 9.59. The molecule has 1 atom stereocenters. The molecule has 1 fully saturated rings. The third-order valence-electron chi connectivity index (χ3n) is 5.05. The molecule has 0 spiro atoms. The van der Waals surface area contributed by atoms with Crippen LogP contribution in [0.3, 0.4) is 0 Å². The molecule has 0 N–H and O–H groups in total. The van der Waals surface area contributed by atoms with Crippen molar-refractivity contribution >= 4 is 0 Å². The Balaban J connectivity index is 1.47. The summed E-state index contributed by atoms with van der Waals surface area (Å²) in [5.41, 5.74) is 2.63. The summed E-state index contributed by atoms with van der Waals surface area (Å²) in [6.45, 7) is 7.57. The van der Waals surface area contributed by atoms with Crippen molar-refractivity contribution in [3.8, 4) is 22.9 Å². The largest absolute Gasteiger partial charge is 0.491 e. The standard InChI is InChI=1S/C22H28N2O6/c1-15(2)27-9-10-28-17-3-4-19-16(11-17)5-6-24-20(19)12-21(23-22(24)25)30-14-18-13-26-7-8-29-18/h3-4,11-12,15,18H,5-10,13-14H2,1-2H3/t18-/m0/s1. The predicted molar refractivity (Wildman–Crippen MR) is 110 cm³/mol. The van der Waals surface area contributed by atoms with Crippen LogP contribution < -0.4 is 15.2 Å². The summed E-state index contributed by atoms with van der Waals surface area (Å²) in [5.74, 6) is 1.11. The van der Waals surface area contributed by atoms with E-state index in [0.717, 1.165) is 29.0 Å². The number of rotatable bonds is 8. The zero-order valence-corrected chi connectivity index (χ0v) is 17.5. The van der Waals surface area contributed by atoms with Gasteiger partial charge in [0.05, 0.1) is 38.2 Å². The number of benzene rings is 1. The van der Waals surface area contributed by atoms with Gasteiger partial charge in [-0.25, -0.2) is 4.79 Å². The molecule has 4 rings (SSSR count). The van der Waals surface area contributed by atoms with Crippen molar-refractivity contribution in [1.29, 1.82) is 0 Å². The van der Waals surface area contributed by atoms with Crippen LogP contribution in [-0.2, 0) is 27.2 Å². The van der Waals surface area contributed by atoms with E-state index in [-0.39, 0.29) is 17.9 Å². The molecule has 2 aliphatic heterocycles. The fraction of sp³-hybridized carbons (Fsp3) is 0.545. The molecular formula is C22H28N2O6. The zero-order chi connectivity index (χ0) is 20.9. The van der Waals surface area contributed by atoms with Crippen molar-refractivity contribution < 1.29 is 23.7 Å². The third kappa shape index (κ3) is 5.00. The first kappa shape index (κ1) is 20.8. The van der Waals surface area contributed by atoms with Crippen molar-refractivity contribution in [3.63, 3.8) is 0 Å².